The fourth-order valence-corrected chi connectivity index (χ4v) is 5.27. The minimum absolute atomic E-state index is 0.140. The minimum Gasteiger partial charge on any atom is -0.598 e. The summed E-state index contributed by atoms with van der Waals surface area (Å²) in [6.07, 6.45) is -0.140. The molecule has 0 aliphatic heterocycles. The van der Waals surface area contributed by atoms with Gasteiger partial charge in [-0.15, -0.1) is 4.72 Å². The lowest BCUT2D eigenvalue weighted by atomic mass is 9.97. The Morgan fingerprint density at radius 3 is 2.59 bits per heavy atom. The summed E-state index contributed by atoms with van der Waals surface area (Å²) < 4.78 is 46.8. The van der Waals surface area contributed by atoms with E-state index in [4.69, 9.17) is 13.9 Å². The molecule has 1 aromatic heterocycles. The average Bonchev–Trinajstić information content (AvgIpc) is 3.33. The van der Waals surface area contributed by atoms with Crippen LogP contribution in [0.25, 0.3) is 22.1 Å². The molecule has 0 amide bonds. The predicted molar refractivity (Wildman–Crippen MR) is 159 cm³/mol. The van der Waals surface area contributed by atoms with Gasteiger partial charge >= 0.3 is 5.97 Å². The van der Waals surface area contributed by atoms with Crippen LogP contribution < -0.4 is 9.46 Å². The number of ether oxygens (including phenoxy) is 2. The Kier molecular flexibility index (Phi) is 9.76. The number of furan rings is 1. The number of alkyl halides is 1. The first-order valence-electron chi connectivity index (χ1n) is 13.3. The lowest BCUT2D eigenvalue weighted by Gasteiger charge is -2.27. The van der Waals surface area contributed by atoms with Crippen molar-refractivity contribution in [2.45, 2.75) is 58.1 Å². The molecule has 3 aromatic carbocycles. The van der Waals surface area contributed by atoms with Crippen LogP contribution in [0.3, 0.4) is 0 Å². The van der Waals surface area contributed by atoms with Gasteiger partial charge in [-0.25, -0.2) is 4.39 Å². The number of nitrogens with one attached hydrogen (secondary N) is 1. The summed E-state index contributed by atoms with van der Waals surface area (Å²) in [5.41, 5.74) is 5.32. The van der Waals surface area contributed by atoms with E-state index < -0.39 is 34.8 Å². The molecule has 2 atom stereocenters. The van der Waals surface area contributed by atoms with Gasteiger partial charge in [0.1, 0.15) is 47.8 Å². The van der Waals surface area contributed by atoms with Gasteiger partial charge in [0.05, 0.1) is 6.42 Å². The van der Waals surface area contributed by atoms with Crippen molar-refractivity contribution in [1.29, 1.82) is 0 Å². The van der Waals surface area contributed by atoms with E-state index in [2.05, 4.69) is 4.72 Å². The van der Waals surface area contributed by atoms with E-state index in [0.717, 1.165) is 27.6 Å². The molecule has 7 nitrogen and oxygen atoms in total. The summed E-state index contributed by atoms with van der Waals surface area (Å²) in [6.45, 7) is 7.21. The highest BCUT2D eigenvalue weighted by molar-refractivity contribution is 7.90. The Morgan fingerprint density at radius 1 is 1.12 bits per heavy atom. The molecule has 0 bridgehead atoms. The quantitative estimate of drug-likeness (QED) is 0.177. The van der Waals surface area contributed by atoms with Crippen molar-refractivity contribution in [2.75, 3.05) is 13.8 Å². The first-order valence-corrected chi connectivity index (χ1v) is 14.5. The molecule has 41 heavy (non-hydrogen) atoms. The molecular formula is C32H36FNO6S. The Balaban J connectivity index is 1.72. The summed E-state index contributed by atoms with van der Waals surface area (Å²) in [5.74, 6) is 0.245. The first-order chi connectivity index (χ1) is 19.5. The van der Waals surface area contributed by atoms with Gasteiger partial charge in [-0.1, -0.05) is 30.3 Å². The van der Waals surface area contributed by atoms with Crippen LogP contribution in [0.15, 0.2) is 65.1 Å². The molecule has 4 aromatic rings. The van der Waals surface area contributed by atoms with Gasteiger partial charge < -0.3 is 23.6 Å². The second-order valence-corrected chi connectivity index (χ2v) is 13.0. The molecule has 9 heteroatoms. The van der Waals surface area contributed by atoms with Crippen LogP contribution in [0.1, 0.15) is 54.8 Å². The van der Waals surface area contributed by atoms with E-state index in [1.807, 2.05) is 82.3 Å². The molecular weight excluding hydrogens is 545 g/mol. The summed E-state index contributed by atoms with van der Waals surface area (Å²) in [7, 11) is 1.60. The van der Waals surface area contributed by atoms with E-state index in [1.54, 1.807) is 13.2 Å². The monoisotopic (exact) mass is 581 g/mol. The number of rotatable bonds is 12. The number of benzene rings is 3. The van der Waals surface area contributed by atoms with Crippen LogP contribution >= 0.6 is 0 Å². The number of hydrogen-bond donors (Lipinski definition) is 2. The highest BCUT2D eigenvalue weighted by Gasteiger charge is 2.30. The van der Waals surface area contributed by atoms with Crippen molar-refractivity contribution in [3.8, 4) is 16.9 Å². The number of aliphatic carboxylic acids is 1. The molecule has 218 valence electrons. The first kappa shape index (κ1) is 30.6. The van der Waals surface area contributed by atoms with Crippen molar-refractivity contribution in [3.63, 3.8) is 0 Å². The maximum atomic E-state index is 14.2. The van der Waals surface area contributed by atoms with Crippen LogP contribution in [-0.2, 0) is 40.5 Å². The highest BCUT2D eigenvalue weighted by atomic mass is 32.2. The van der Waals surface area contributed by atoms with Crippen molar-refractivity contribution in [1.82, 2.24) is 4.72 Å². The second kappa shape index (κ2) is 13.1. The maximum Gasteiger partial charge on any atom is 0.307 e. The van der Waals surface area contributed by atoms with Crippen LogP contribution in [-0.4, -0.2) is 34.2 Å². The van der Waals surface area contributed by atoms with E-state index >= 15 is 0 Å². The molecule has 0 saturated heterocycles. The molecule has 0 saturated carbocycles. The Hall–Kier alpha value is -3.37. The molecule has 1 heterocycles. The number of hydrogen-bond acceptors (Lipinski definition) is 6. The molecule has 0 fully saturated rings. The summed E-state index contributed by atoms with van der Waals surface area (Å²) >= 11 is -1.45. The Labute approximate surface area is 243 Å². The number of carboxylic acids is 1. The zero-order chi connectivity index (χ0) is 29.7. The minimum atomic E-state index is -1.45. The number of fused-ring (bicyclic) bond motifs is 1. The van der Waals surface area contributed by atoms with Crippen molar-refractivity contribution >= 4 is 28.3 Å². The maximum absolute atomic E-state index is 14.2. The fraction of sp³-hybridized carbons (Fsp3) is 0.344. The van der Waals surface area contributed by atoms with E-state index in [-0.39, 0.29) is 13.0 Å². The van der Waals surface area contributed by atoms with Crippen LogP contribution in [0.5, 0.6) is 5.75 Å². The van der Waals surface area contributed by atoms with E-state index in [9.17, 15) is 18.8 Å². The summed E-state index contributed by atoms with van der Waals surface area (Å²) in [6, 6.07) is 18.0. The fourth-order valence-electron chi connectivity index (χ4n) is 4.46. The third kappa shape index (κ3) is 7.68. The summed E-state index contributed by atoms with van der Waals surface area (Å²) in [5, 5.41) is 10.2. The summed E-state index contributed by atoms with van der Waals surface area (Å²) in [4.78, 5) is 11.4. The van der Waals surface area contributed by atoms with Crippen LogP contribution in [0.4, 0.5) is 4.39 Å². The average molecular weight is 582 g/mol. The topological polar surface area (TPSA) is 104 Å². The number of halogens is 1. The van der Waals surface area contributed by atoms with Crippen LogP contribution in [0, 0.1) is 6.92 Å². The largest absolute Gasteiger partial charge is 0.598 e. The van der Waals surface area contributed by atoms with Gasteiger partial charge in [0, 0.05) is 35.0 Å². The molecule has 0 aliphatic carbocycles. The van der Waals surface area contributed by atoms with Gasteiger partial charge in [0.25, 0.3) is 0 Å². The zero-order valence-corrected chi connectivity index (χ0v) is 24.8. The number of aryl methyl sites for hydroxylation is 1. The Bertz CT molecular complexity index is 1510. The molecule has 1 unspecified atom stereocenters. The molecule has 4 rings (SSSR count). The van der Waals surface area contributed by atoms with Gasteiger partial charge in [0.15, 0.2) is 0 Å². The van der Waals surface area contributed by atoms with Crippen molar-refractivity contribution < 1.29 is 32.7 Å². The van der Waals surface area contributed by atoms with Crippen LogP contribution in [0.2, 0.25) is 0 Å². The number of methoxy groups -OCH3 is 1. The molecule has 0 radical (unpaired) electrons. The van der Waals surface area contributed by atoms with Crippen molar-refractivity contribution in [2.24, 2.45) is 0 Å². The second-order valence-electron chi connectivity index (χ2n) is 11.0. The normalized spacial score (nSPS) is 13.3. The molecule has 2 N–H and O–H groups in total. The van der Waals surface area contributed by atoms with Gasteiger partial charge in [-0.2, -0.15) is 0 Å². The van der Waals surface area contributed by atoms with Gasteiger partial charge in [0.2, 0.25) is 0 Å². The lowest BCUT2D eigenvalue weighted by molar-refractivity contribution is -0.136. The van der Waals surface area contributed by atoms with E-state index in [0.29, 0.717) is 34.8 Å². The molecule has 0 aliphatic rings. The third-order valence-electron chi connectivity index (χ3n) is 6.53. The smallest absolute Gasteiger partial charge is 0.307 e. The van der Waals surface area contributed by atoms with E-state index in [1.165, 1.54) is 0 Å². The Morgan fingerprint density at radius 2 is 1.90 bits per heavy atom. The van der Waals surface area contributed by atoms with Crippen molar-refractivity contribution in [3.05, 3.63) is 88.7 Å². The van der Waals surface area contributed by atoms with Gasteiger partial charge in [-0.05, 0) is 80.3 Å². The highest BCUT2D eigenvalue weighted by Crippen LogP contribution is 2.35. The standard InChI is InChI=1S/C32H36FNO6S/c1-20-9-10-24(16-30(35)36)29(11-20)39-18-21-12-25-15-26(19-38-5)40-31(25)27(13-21)22-7-6-8-23(14-22)28(17-33)34-41(37)32(2,3)4/h6-15,28,34H,16-19H2,1-5H3,(H,35,36)/t28?,41-/m1/s1. The number of carbonyl (C=O) groups is 1. The lowest BCUT2D eigenvalue weighted by Crippen LogP contribution is -2.41. The third-order valence-corrected chi connectivity index (χ3v) is 8.14. The predicted octanol–water partition coefficient (Wildman–Crippen LogP) is 6.82. The van der Waals surface area contributed by atoms with Gasteiger partial charge in [-0.3, -0.25) is 4.79 Å². The zero-order valence-electron chi connectivity index (χ0n) is 24.0. The molecule has 0 spiro atoms. The number of carboxylic acid groups (broad SMARTS) is 1. The SMILES string of the molecule is COCc1cc2cc(COc3cc(C)ccc3CC(=O)O)cc(-c3cccc(C(CF)N[S@+]([O-])C(C)(C)C)c3)c2o1.